The number of rotatable bonds is 7. The Labute approximate surface area is 194 Å². The van der Waals surface area contributed by atoms with Gasteiger partial charge in [-0.25, -0.2) is 9.59 Å². The van der Waals surface area contributed by atoms with Crippen LogP contribution >= 0.6 is 0 Å². The number of benzene rings is 3. The van der Waals surface area contributed by atoms with Crippen LogP contribution in [0.1, 0.15) is 54.3 Å². The Balaban J connectivity index is 2.35. The van der Waals surface area contributed by atoms with Gasteiger partial charge in [-0.05, 0) is 43.9 Å². The molecule has 0 aliphatic heterocycles. The zero-order valence-electron chi connectivity index (χ0n) is 19.1. The lowest BCUT2D eigenvalue weighted by molar-refractivity contribution is 0.0481. The molecule has 8 nitrogen and oxygen atoms in total. The normalized spacial score (nSPS) is 11.4. The molecule has 3 aromatic carbocycles. The molecule has 175 valence electrons. The molecule has 0 fully saturated rings. The van der Waals surface area contributed by atoms with Gasteiger partial charge < -0.3 is 19.1 Å². The van der Waals surface area contributed by atoms with Gasteiger partial charge >= 0.3 is 11.9 Å². The maximum Gasteiger partial charge on any atom is 0.339 e. The first-order valence-electron chi connectivity index (χ1n) is 11.2. The van der Waals surface area contributed by atoms with Crippen molar-refractivity contribution in [1.82, 2.24) is 4.57 Å². The molecule has 1 N–H and O–H groups in total. The maximum atomic E-state index is 13.2. The maximum absolute atomic E-state index is 13.2. The van der Waals surface area contributed by atoms with E-state index in [2.05, 4.69) is 0 Å². The van der Waals surface area contributed by atoms with Gasteiger partial charge in [0.25, 0.3) is 0 Å². The van der Waals surface area contributed by atoms with E-state index >= 15 is 0 Å². The van der Waals surface area contributed by atoms with Crippen LogP contribution in [0.4, 0.5) is 0 Å². The van der Waals surface area contributed by atoms with Crippen LogP contribution in [0, 0.1) is 6.54 Å². The second kappa shape index (κ2) is 9.13. The molecule has 8 heteroatoms. The van der Waals surface area contributed by atoms with Crippen LogP contribution in [0.25, 0.3) is 32.6 Å². The van der Waals surface area contributed by atoms with Crippen molar-refractivity contribution in [3.8, 4) is 5.75 Å². The Bertz CT molecular complexity index is 1550. The Morgan fingerprint density at radius 3 is 2.32 bits per heavy atom. The summed E-state index contributed by atoms with van der Waals surface area (Å²) in [6.07, 6.45) is 1.41. The number of hydrogen-bond donors (Lipinski definition) is 1. The average Bonchev–Trinajstić information content (AvgIpc) is 2.81. The summed E-state index contributed by atoms with van der Waals surface area (Å²) in [6, 6.07) is 6.96. The van der Waals surface area contributed by atoms with Gasteiger partial charge in [0.1, 0.15) is 0 Å². The number of fused-ring (bicyclic) bond motifs is 2. The van der Waals surface area contributed by atoms with Gasteiger partial charge in [-0.1, -0.05) is 19.4 Å². The van der Waals surface area contributed by atoms with Crippen molar-refractivity contribution >= 4 is 44.5 Å². The highest BCUT2D eigenvalue weighted by Crippen LogP contribution is 2.38. The molecule has 0 aliphatic rings. The van der Waals surface area contributed by atoms with Crippen molar-refractivity contribution in [2.24, 2.45) is 0 Å². The number of carbonyl (C=O) groups excluding carboxylic acids is 2. The summed E-state index contributed by atoms with van der Waals surface area (Å²) in [5.41, 5.74) is -0.439. The molecular weight excluding hydrogens is 438 g/mol. The number of phenols is 1. The van der Waals surface area contributed by atoms with E-state index < -0.39 is 23.1 Å². The zero-order chi connectivity index (χ0) is 24.6. The lowest BCUT2D eigenvalue weighted by Gasteiger charge is -2.20. The van der Waals surface area contributed by atoms with E-state index in [1.54, 1.807) is 31.0 Å². The molecule has 0 unspecified atom stereocenters. The van der Waals surface area contributed by atoms with Crippen LogP contribution in [-0.4, -0.2) is 34.8 Å². The number of aromatic hydroxyl groups is 1. The fourth-order valence-corrected chi connectivity index (χ4v) is 4.28. The predicted octanol–water partition coefficient (Wildman–Crippen LogP) is 3.97. The molecule has 0 saturated carbocycles. The fraction of sp³-hybridized carbons (Fsp3) is 0.269. The molecule has 0 bridgehead atoms. The lowest BCUT2D eigenvalue weighted by atomic mass is 9.91. The van der Waals surface area contributed by atoms with Gasteiger partial charge in [-0.2, -0.15) is 0 Å². The standard InChI is InChI=1S/C26H24NO7/c1-4-7-10-27-17-13-20(30)19(29)12-15(17)22-21-14(8-9-18(28)24(21)27)11-16(25(31)33-5-2)23(22)26(32)34-6-3/h8-13,29H,4-7H2,1-3H3. The molecule has 1 aromatic heterocycles. The van der Waals surface area contributed by atoms with E-state index in [0.29, 0.717) is 28.1 Å². The minimum atomic E-state index is -0.771. The van der Waals surface area contributed by atoms with E-state index in [0.717, 1.165) is 6.42 Å². The molecule has 0 aliphatic carbocycles. The predicted molar refractivity (Wildman–Crippen MR) is 129 cm³/mol. The molecule has 1 radical (unpaired) electrons. The van der Waals surface area contributed by atoms with Gasteiger partial charge in [0.2, 0.25) is 10.9 Å². The van der Waals surface area contributed by atoms with Crippen LogP contribution in [-0.2, 0) is 9.47 Å². The number of esters is 2. The number of nitrogens with zero attached hydrogens (tertiary/aromatic N) is 1. The van der Waals surface area contributed by atoms with E-state index in [1.807, 2.05) is 6.92 Å². The van der Waals surface area contributed by atoms with Crippen molar-refractivity contribution in [2.75, 3.05) is 13.2 Å². The summed E-state index contributed by atoms with van der Waals surface area (Å²) >= 11 is 0. The number of phenolic OH excluding ortho intramolecular Hbond substituents is 1. The average molecular weight is 462 g/mol. The van der Waals surface area contributed by atoms with Crippen molar-refractivity contribution in [3.63, 3.8) is 0 Å². The smallest absolute Gasteiger partial charge is 0.339 e. The van der Waals surface area contributed by atoms with Crippen LogP contribution in [0.15, 0.2) is 39.9 Å². The highest BCUT2D eigenvalue weighted by Gasteiger charge is 2.28. The minimum absolute atomic E-state index is 0.0185. The number of unbranched alkanes of at least 4 members (excludes halogenated alkanes) is 1. The van der Waals surface area contributed by atoms with Crippen LogP contribution in [0.5, 0.6) is 5.75 Å². The summed E-state index contributed by atoms with van der Waals surface area (Å²) in [5, 5.41) is 11.8. The third kappa shape index (κ3) is 3.65. The van der Waals surface area contributed by atoms with E-state index in [9.17, 15) is 24.3 Å². The van der Waals surface area contributed by atoms with Crippen molar-refractivity contribution < 1.29 is 24.2 Å². The number of hydrogen-bond acceptors (Lipinski definition) is 7. The van der Waals surface area contributed by atoms with Crippen LogP contribution in [0.3, 0.4) is 0 Å². The summed E-state index contributed by atoms with van der Waals surface area (Å²) in [6.45, 7) is 7.23. The Hall–Kier alpha value is -3.94. The topological polar surface area (TPSA) is 112 Å². The molecule has 1 heterocycles. The number of ether oxygens (including phenoxy) is 2. The highest BCUT2D eigenvalue weighted by molar-refractivity contribution is 6.28. The fourth-order valence-electron chi connectivity index (χ4n) is 4.28. The summed E-state index contributed by atoms with van der Waals surface area (Å²) in [4.78, 5) is 51.6. The van der Waals surface area contributed by atoms with Gasteiger partial charge in [-0.3, -0.25) is 9.59 Å². The molecule has 4 rings (SSSR count). The quantitative estimate of drug-likeness (QED) is 0.251. The summed E-state index contributed by atoms with van der Waals surface area (Å²) in [7, 11) is 0. The lowest BCUT2D eigenvalue weighted by Crippen LogP contribution is -2.18. The number of aromatic nitrogens is 1. The van der Waals surface area contributed by atoms with E-state index in [1.165, 1.54) is 24.3 Å². The van der Waals surface area contributed by atoms with E-state index in [4.69, 9.17) is 9.47 Å². The van der Waals surface area contributed by atoms with Gasteiger partial charge in [0.05, 0.1) is 41.9 Å². The second-order valence-electron chi connectivity index (χ2n) is 7.80. The first kappa shape index (κ1) is 23.2. The van der Waals surface area contributed by atoms with Gasteiger partial charge in [0, 0.05) is 22.2 Å². The Morgan fingerprint density at radius 1 is 0.941 bits per heavy atom. The highest BCUT2D eigenvalue weighted by atomic mass is 16.5. The molecule has 34 heavy (non-hydrogen) atoms. The molecule has 0 atom stereocenters. The third-order valence-corrected chi connectivity index (χ3v) is 5.66. The second-order valence-corrected chi connectivity index (χ2v) is 7.80. The minimum Gasteiger partial charge on any atom is -0.504 e. The Morgan fingerprint density at radius 2 is 1.65 bits per heavy atom. The molecule has 0 saturated heterocycles. The number of carbonyl (C=O) groups is 2. The third-order valence-electron chi connectivity index (χ3n) is 5.66. The van der Waals surface area contributed by atoms with Gasteiger partial charge in [-0.15, -0.1) is 0 Å². The van der Waals surface area contributed by atoms with Crippen LogP contribution in [0.2, 0.25) is 0 Å². The number of pyridine rings is 1. The molecule has 4 aromatic rings. The molecule has 0 amide bonds. The van der Waals surface area contributed by atoms with Crippen LogP contribution < -0.4 is 10.9 Å². The molecular formula is C26H24NO7. The van der Waals surface area contributed by atoms with Crippen molar-refractivity contribution in [1.29, 1.82) is 0 Å². The molecule has 0 spiro atoms. The largest absolute Gasteiger partial charge is 0.504 e. The first-order chi connectivity index (χ1) is 16.3. The summed E-state index contributed by atoms with van der Waals surface area (Å²) < 4.78 is 12.1. The summed E-state index contributed by atoms with van der Waals surface area (Å²) in [5.74, 6) is -2.00. The van der Waals surface area contributed by atoms with Crippen molar-refractivity contribution in [2.45, 2.75) is 33.6 Å². The van der Waals surface area contributed by atoms with E-state index in [-0.39, 0.29) is 40.7 Å². The first-order valence-corrected chi connectivity index (χ1v) is 11.2. The monoisotopic (exact) mass is 462 g/mol. The van der Waals surface area contributed by atoms with Gasteiger partial charge in [0.15, 0.2) is 5.75 Å². The van der Waals surface area contributed by atoms with Crippen molar-refractivity contribution in [3.05, 3.63) is 68.5 Å². The SMILES string of the molecule is CCC[CH]n1c2cc(=O)c(O)cc2c2c(C(=O)OCC)c(C(=O)OCC)cc3ccc(=O)c1c32. The Kier molecular flexibility index (Phi) is 6.24. The zero-order valence-corrected chi connectivity index (χ0v) is 19.1.